The van der Waals surface area contributed by atoms with Crippen molar-refractivity contribution in [2.24, 2.45) is 17.8 Å². The van der Waals surface area contributed by atoms with Crippen LogP contribution >= 0.6 is 0 Å². The van der Waals surface area contributed by atoms with Crippen LogP contribution in [0.4, 0.5) is 0 Å². The molecule has 0 N–H and O–H groups in total. The van der Waals surface area contributed by atoms with Crippen molar-refractivity contribution in [1.82, 2.24) is 9.80 Å². The second-order valence-corrected chi connectivity index (χ2v) is 8.75. The Bertz CT molecular complexity index is 617. The van der Waals surface area contributed by atoms with Gasteiger partial charge in [0.05, 0.1) is 11.8 Å². The first-order valence-electron chi connectivity index (χ1n) is 10.6. The number of carbonyl (C=O) groups excluding carboxylic acids is 4. The van der Waals surface area contributed by atoms with E-state index in [-0.39, 0.29) is 42.2 Å². The van der Waals surface area contributed by atoms with Crippen LogP contribution in [-0.4, -0.2) is 59.2 Å². The molecule has 3 fully saturated rings. The first-order chi connectivity index (χ1) is 13.3. The lowest BCUT2D eigenvalue weighted by atomic mass is 9.81. The molecule has 1 saturated heterocycles. The average molecular weight is 392 g/mol. The Kier molecular flexibility index (Phi) is 6.40. The fourth-order valence-corrected chi connectivity index (χ4v) is 4.86. The van der Waals surface area contributed by atoms with Crippen LogP contribution in [0.3, 0.4) is 0 Å². The van der Waals surface area contributed by atoms with Crippen LogP contribution in [-0.2, 0) is 23.9 Å². The third-order valence-corrected chi connectivity index (χ3v) is 6.87. The Morgan fingerprint density at radius 2 is 1.57 bits per heavy atom. The number of hydrogen-bond donors (Lipinski definition) is 0. The molecule has 0 spiro atoms. The lowest BCUT2D eigenvalue weighted by molar-refractivity contribution is -0.161. The third kappa shape index (κ3) is 4.08. The molecule has 2 saturated carbocycles. The molecule has 0 aromatic heterocycles. The van der Waals surface area contributed by atoms with E-state index in [0.29, 0.717) is 18.8 Å². The number of rotatable bonds is 5. The standard InChI is InChI=1S/C21H32N2O5/c1-13-8-10-15(11-9-13)22(3)18(24)12-28-21(27)14(2)23-19(25)16-6-4-5-7-17(16)20(23)26/h13-17H,4-12H2,1-3H3/t13?,14-,15?,16?,17?/m0/s1. The molecule has 7 heteroatoms. The van der Waals surface area contributed by atoms with Crippen LogP contribution in [0.2, 0.25) is 0 Å². The highest BCUT2D eigenvalue weighted by atomic mass is 16.5. The summed E-state index contributed by atoms with van der Waals surface area (Å²) in [6, 6.07) is -0.802. The van der Waals surface area contributed by atoms with Crippen LogP contribution in [0.15, 0.2) is 0 Å². The second kappa shape index (κ2) is 8.62. The van der Waals surface area contributed by atoms with E-state index in [2.05, 4.69) is 6.92 Å². The van der Waals surface area contributed by atoms with E-state index in [1.807, 2.05) is 0 Å². The van der Waals surface area contributed by atoms with Crippen LogP contribution in [0.5, 0.6) is 0 Å². The molecular weight excluding hydrogens is 360 g/mol. The number of imide groups is 1. The quantitative estimate of drug-likeness (QED) is 0.529. The van der Waals surface area contributed by atoms with Crippen molar-refractivity contribution in [3.05, 3.63) is 0 Å². The van der Waals surface area contributed by atoms with Gasteiger partial charge in [-0.15, -0.1) is 0 Å². The molecule has 7 nitrogen and oxygen atoms in total. The molecule has 1 aliphatic heterocycles. The number of fused-ring (bicyclic) bond motifs is 1. The van der Waals surface area contributed by atoms with Crippen LogP contribution in [0, 0.1) is 17.8 Å². The van der Waals surface area contributed by atoms with Gasteiger partial charge in [0.15, 0.2) is 6.61 Å². The van der Waals surface area contributed by atoms with Gasteiger partial charge in [-0.3, -0.25) is 19.3 Å². The first kappa shape index (κ1) is 20.8. The maximum absolute atomic E-state index is 12.6. The highest BCUT2D eigenvalue weighted by molar-refractivity contribution is 6.07. The number of esters is 1. The molecule has 3 atom stereocenters. The van der Waals surface area contributed by atoms with E-state index in [0.717, 1.165) is 43.4 Å². The van der Waals surface area contributed by atoms with E-state index in [1.165, 1.54) is 6.92 Å². The van der Waals surface area contributed by atoms with E-state index in [4.69, 9.17) is 4.74 Å². The first-order valence-corrected chi connectivity index (χ1v) is 10.6. The predicted molar refractivity (Wildman–Crippen MR) is 102 cm³/mol. The highest BCUT2D eigenvalue weighted by Crippen LogP contribution is 2.39. The Morgan fingerprint density at radius 3 is 2.11 bits per heavy atom. The molecule has 0 bridgehead atoms. The molecule has 2 aliphatic carbocycles. The smallest absolute Gasteiger partial charge is 0.329 e. The molecule has 0 radical (unpaired) electrons. The predicted octanol–water partition coefficient (Wildman–Crippen LogP) is 2.13. The summed E-state index contributed by atoms with van der Waals surface area (Å²) in [5.74, 6) is -1.36. The van der Waals surface area contributed by atoms with Crippen LogP contribution in [0.25, 0.3) is 0 Å². The number of ether oxygens (including phenoxy) is 1. The number of carbonyl (C=O) groups is 4. The number of likely N-dealkylation sites (N-methyl/N-ethyl adjacent to an activating group) is 1. The lowest BCUT2D eigenvalue weighted by Crippen LogP contribution is -2.46. The van der Waals surface area contributed by atoms with Crippen molar-refractivity contribution in [2.75, 3.05) is 13.7 Å². The fourth-order valence-electron chi connectivity index (χ4n) is 4.86. The van der Waals surface area contributed by atoms with E-state index < -0.39 is 12.0 Å². The average Bonchev–Trinajstić information content (AvgIpc) is 2.96. The number of nitrogens with zero attached hydrogens (tertiary/aromatic N) is 2. The van der Waals surface area contributed by atoms with Crippen molar-refractivity contribution in [1.29, 1.82) is 0 Å². The summed E-state index contributed by atoms with van der Waals surface area (Å²) < 4.78 is 5.18. The van der Waals surface area contributed by atoms with Gasteiger partial charge in [0.1, 0.15) is 6.04 Å². The largest absolute Gasteiger partial charge is 0.454 e. The van der Waals surface area contributed by atoms with Gasteiger partial charge in [-0.1, -0.05) is 19.8 Å². The Morgan fingerprint density at radius 1 is 1.04 bits per heavy atom. The SMILES string of the molecule is CC1CCC(N(C)C(=O)COC(=O)[C@H](C)N2C(=O)C3CCCCC3C2=O)CC1. The minimum Gasteiger partial charge on any atom is -0.454 e. The van der Waals surface area contributed by atoms with Gasteiger partial charge in [0.2, 0.25) is 11.8 Å². The summed E-state index contributed by atoms with van der Waals surface area (Å²) in [7, 11) is 1.75. The highest BCUT2D eigenvalue weighted by Gasteiger charge is 2.51. The second-order valence-electron chi connectivity index (χ2n) is 8.75. The molecule has 3 rings (SSSR count). The fraction of sp³-hybridized carbons (Fsp3) is 0.810. The Hall–Kier alpha value is -1.92. The minimum atomic E-state index is -0.987. The molecule has 3 amide bonds. The Balaban J connectivity index is 1.52. The van der Waals surface area contributed by atoms with E-state index >= 15 is 0 Å². The van der Waals surface area contributed by atoms with Gasteiger partial charge >= 0.3 is 5.97 Å². The summed E-state index contributed by atoms with van der Waals surface area (Å²) in [4.78, 5) is 52.8. The number of likely N-dealkylation sites (tertiary alicyclic amines) is 1. The molecule has 2 unspecified atom stereocenters. The zero-order chi connectivity index (χ0) is 20.4. The molecule has 0 aromatic carbocycles. The monoisotopic (exact) mass is 392 g/mol. The summed E-state index contributed by atoms with van der Waals surface area (Å²) in [6.07, 6.45) is 7.41. The molecule has 0 aromatic rings. The normalized spacial score (nSPS) is 31.3. The zero-order valence-electron chi connectivity index (χ0n) is 17.2. The van der Waals surface area contributed by atoms with Gasteiger partial charge in [-0.2, -0.15) is 0 Å². The summed E-state index contributed by atoms with van der Waals surface area (Å²) >= 11 is 0. The maximum atomic E-state index is 12.6. The summed E-state index contributed by atoms with van der Waals surface area (Å²) in [5, 5.41) is 0. The van der Waals surface area contributed by atoms with E-state index in [1.54, 1.807) is 11.9 Å². The van der Waals surface area contributed by atoms with Crippen molar-refractivity contribution in [3.8, 4) is 0 Å². The van der Waals surface area contributed by atoms with Crippen molar-refractivity contribution in [2.45, 2.75) is 77.3 Å². The molecule has 1 heterocycles. The third-order valence-electron chi connectivity index (χ3n) is 6.87. The molecular formula is C21H32N2O5. The Labute approximate surface area is 166 Å². The van der Waals surface area contributed by atoms with Gasteiger partial charge in [0, 0.05) is 13.1 Å². The van der Waals surface area contributed by atoms with Crippen molar-refractivity contribution in [3.63, 3.8) is 0 Å². The number of hydrogen-bond acceptors (Lipinski definition) is 5. The van der Waals surface area contributed by atoms with Crippen molar-refractivity contribution >= 4 is 23.7 Å². The zero-order valence-corrected chi connectivity index (χ0v) is 17.2. The lowest BCUT2D eigenvalue weighted by Gasteiger charge is -2.33. The molecule has 3 aliphatic rings. The van der Waals surface area contributed by atoms with Gasteiger partial charge in [0.25, 0.3) is 5.91 Å². The summed E-state index contributed by atoms with van der Waals surface area (Å²) in [6.45, 7) is 3.37. The van der Waals surface area contributed by atoms with Crippen LogP contribution in [0.1, 0.15) is 65.2 Å². The van der Waals surface area contributed by atoms with Crippen molar-refractivity contribution < 1.29 is 23.9 Å². The summed E-state index contributed by atoms with van der Waals surface area (Å²) in [5.41, 5.74) is 0. The maximum Gasteiger partial charge on any atom is 0.329 e. The van der Waals surface area contributed by atoms with Gasteiger partial charge < -0.3 is 9.64 Å². The molecule has 28 heavy (non-hydrogen) atoms. The van der Waals surface area contributed by atoms with E-state index in [9.17, 15) is 19.2 Å². The topological polar surface area (TPSA) is 84.0 Å². The van der Waals surface area contributed by atoms with Crippen LogP contribution < -0.4 is 0 Å². The minimum absolute atomic E-state index is 0.185. The van der Waals surface area contributed by atoms with Gasteiger partial charge in [-0.25, -0.2) is 4.79 Å². The molecule has 156 valence electrons. The van der Waals surface area contributed by atoms with Gasteiger partial charge in [-0.05, 0) is 51.4 Å². The number of amides is 3.